The van der Waals surface area contributed by atoms with Crippen molar-refractivity contribution in [1.82, 2.24) is 19.4 Å². The van der Waals surface area contributed by atoms with Gasteiger partial charge in [-0.05, 0) is 24.1 Å². The lowest BCUT2D eigenvalue weighted by Gasteiger charge is -2.43. The third-order valence-electron chi connectivity index (χ3n) is 4.85. The largest absolute Gasteiger partial charge is 0.335 e. The first-order chi connectivity index (χ1) is 12.5. The molecule has 0 saturated carbocycles. The summed E-state index contributed by atoms with van der Waals surface area (Å²) < 4.78 is 1.84. The van der Waals surface area contributed by atoms with E-state index in [9.17, 15) is 9.59 Å². The molecule has 1 aliphatic heterocycles. The molecular weight excluding hydrogens is 328 g/mol. The second-order valence-corrected chi connectivity index (χ2v) is 6.79. The first-order valence-electron chi connectivity index (χ1n) is 8.82. The zero-order chi connectivity index (χ0) is 18.7. The van der Waals surface area contributed by atoms with Gasteiger partial charge in [-0.15, -0.1) is 0 Å². The maximum Gasteiger partial charge on any atom is 0.256 e. The molecule has 1 atom stereocenters. The standard InChI is InChI=1S/C20H24N4O2/c1-4-19(25)24-12-11-22(13-18(24)15(2)3)20(26)16-7-5-6-8-17(16)23-10-9-21-14-23/h4-10,14-15,18H,1,11-13H2,2-3H3/t18-/m1/s1. The van der Waals surface area contributed by atoms with Crippen LogP contribution in [0, 0.1) is 5.92 Å². The van der Waals surface area contributed by atoms with E-state index >= 15 is 0 Å². The number of aromatic nitrogens is 2. The van der Waals surface area contributed by atoms with Crippen molar-refractivity contribution < 1.29 is 9.59 Å². The van der Waals surface area contributed by atoms with E-state index in [-0.39, 0.29) is 23.8 Å². The predicted octanol–water partition coefficient (Wildman–Crippen LogP) is 2.37. The molecule has 2 aromatic rings. The molecule has 6 nitrogen and oxygen atoms in total. The van der Waals surface area contributed by atoms with Gasteiger partial charge in [-0.3, -0.25) is 9.59 Å². The van der Waals surface area contributed by atoms with Gasteiger partial charge in [-0.2, -0.15) is 0 Å². The quantitative estimate of drug-likeness (QED) is 0.794. The Bertz CT molecular complexity index is 798. The van der Waals surface area contributed by atoms with E-state index in [1.165, 1.54) is 6.08 Å². The number of hydrogen-bond donors (Lipinski definition) is 0. The highest BCUT2D eigenvalue weighted by Gasteiger charge is 2.34. The summed E-state index contributed by atoms with van der Waals surface area (Å²) in [5.74, 6) is 0.152. The van der Waals surface area contributed by atoms with Crippen LogP contribution in [0.15, 0.2) is 55.6 Å². The first-order valence-corrected chi connectivity index (χ1v) is 8.82. The summed E-state index contributed by atoms with van der Waals surface area (Å²) >= 11 is 0. The number of rotatable bonds is 4. The molecular formula is C20H24N4O2. The fraction of sp³-hybridized carbons (Fsp3) is 0.350. The predicted molar refractivity (Wildman–Crippen MR) is 100 cm³/mol. The van der Waals surface area contributed by atoms with Crippen molar-refractivity contribution in [2.45, 2.75) is 19.9 Å². The number of piperazine rings is 1. The zero-order valence-electron chi connectivity index (χ0n) is 15.2. The number of imidazole rings is 1. The fourth-order valence-electron chi connectivity index (χ4n) is 3.41. The van der Waals surface area contributed by atoms with Gasteiger partial charge in [-0.1, -0.05) is 32.6 Å². The lowest BCUT2D eigenvalue weighted by molar-refractivity contribution is -0.131. The number of para-hydroxylation sites is 1. The fourth-order valence-corrected chi connectivity index (χ4v) is 3.41. The van der Waals surface area contributed by atoms with Gasteiger partial charge >= 0.3 is 0 Å². The molecule has 0 unspecified atom stereocenters. The Balaban J connectivity index is 1.86. The summed E-state index contributed by atoms with van der Waals surface area (Å²) in [4.78, 5) is 33.1. The first kappa shape index (κ1) is 17.9. The van der Waals surface area contributed by atoms with E-state index in [0.29, 0.717) is 25.2 Å². The van der Waals surface area contributed by atoms with Crippen molar-refractivity contribution in [1.29, 1.82) is 0 Å². The minimum atomic E-state index is -0.0744. The van der Waals surface area contributed by atoms with E-state index in [2.05, 4.69) is 25.4 Å². The molecule has 3 rings (SSSR count). The van der Waals surface area contributed by atoms with Crippen molar-refractivity contribution in [2.75, 3.05) is 19.6 Å². The van der Waals surface area contributed by atoms with Gasteiger partial charge in [0.05, 0.1) is 23.6 Å². The van der Waals surface area contributed by atoms with Crippen LogP contribution < -0.4 is 0 Å². The molecule has 1 fully saturated rings. The monoisotopic (exact) mass is 352 g/mol. The normalized spacial score (nSPS) is 17.4. The average molecular weight is 352 g/mol. The number of benzene rings is 1. The molecule has 0 N–H and O–H groups in total. The molecule has 1 aromatic heterocycles. The second kappa shape index (κ2) is 7.56. The molecule has 0 bridgehead atoms. The topological polar surface area (TPSA) is 58.4 Å². The lowest BCUT2D eigenvalue weighted by Crippen LogP contribution is -2.58. The van der Waals surface area contributed by atoms with Crippen LogP contribution in [0.3, 0.4) is 0 Å². The molecule has 1 saturated heterocycles. The van der Waals surface area contributed by atoms with E-state index in [1.54, 1.807) is 12.5 Å². The third-order valence-corrected chi connectivity index (χ3v) is 4.85. The zero-order valence-corrected chi connectivity index (χ0v) is 15.2. The summed E-state index contributed by atoms with van der Waals surface area (Å²) in [5.41, 5.74) is 1.44. The van der Waals surface area contributed by atoms with Crippen LogP contribution in [0.25, 0.3) is 5.69 Å². The summed E-state index contributed by atoms with van der Waals surface area (Å²) in [6, 6.07) is 7.50. The summed E-state index contributed by atoms with van der Waals surface area (Å²) in [6.07, 6.45) is 6.55. The number of carbonyl (C=O) groups is 2. The maximum atomic E-state index is 13.2. The minimum Gasteiger partial charge on any atom is -0.335 e. The molecule has 26 heavy (non-hydrogen) atoms. The van der Waals surface area contributed by atoms with Crippen LogP contribution in [0.2, 0.25) is 0 Å². The van der Waals surface area contributed by atoms with Crippen LogP contribution in [-0.2, 0) is 4.79 Å². The summed E-state index contributed by atoms with van der Waals surface area (Å²) in [5, 5.41) is 0. The average Bonchev–Trinajstić information content (AvgIpc) is 3.21. The molecule has 0 aliphatic carbocycles. The highest BCUT2D eigenvalue weighted by atomic mass is 16.2. The Morgan fingerprint density at radius 3 is 2.69 bits per heavy atom. The number of hydrogen-bond acceptors (Lipinski definition) is 3. The van der Waals surface area contributed by atoms with Gasteiger partial charge in [0.2, 0.25) is 5.91 Å². The van der Waals surface area contributed by atoms with Crippen molar-refractivity contribution in [3.8, 4) is 5.69 Å². The molecule has 2 heterocycles. The molecule has 0 spiro atoms. The Morgan fingerprint density at radius 1 is 1.27 bits per heavy atom. The van der Waals surface area contributed by atoms with Crippen LogP contribution >= 0.6 is 0 Å². The van der Waals surface area contributed by atoms with Crippen LogP contribution in [0.4, 0.5) is 0 Å². The van der Waals surface area contributed by atoms with E-state index in [0.717, 1.165) is 5.69 Å². The van der Waals surface area contributed by atoms with Gasteiger partial charge in [0, 0.05) is 32.0 Å². The SMILES string of the molecule is C=CC(=O)N1CCN(C(=O)c2ccccc2-n2ccnc2)C[C@@H]1C(C)C. The third kappa shape index (κ3) is 3.40. The Labute approximate surface area is 153 Å². The summed E-state index contributed by atoms with van der Waals surface area (Å²) in [7, 11) is 0. The van der Waals surface area contributed by atoms with Crippen molar-refractivity contribution in [3.63, 3.8) is 0 Å². The summed E-state index contributed by atoms with van der Waals surface area (Å²) in [6.45, 7) is 9.29. The van der Waals surface area contributed by atoms with E-state index in [4.69, 9.17) is 0 Å². The van der Waals surface area contributed by atoms with E-state index in [1.807, 2.05) is 44.8 Å². The Hall–Kier alpha value is -2.89. The van der Waals surface area contributed by atoms with Gasteiger partial charge in [-0.25, -0.2) is 4.98 Å². The van der Waals surface area contributed by atoms with E-state index < -0.39 is 0 Å². The van der Waals surface area contributed by atoms with Crippen LogP contribution in [0.1, 0.15) is 24.2 Å². The van der Waals surface area contributed by atoms with Gasteiger partial charge in [0.15, 0.2) is 0 Å². The highest BCUT2D eigenvalue weighted by molar-refractivity contribution is 5.98. The van der Waals surface area contributed by atoms with Crippen molar-refractivity contribution in [2.24, 2.45) is 5.92 Å². The Kier molecular flexibility index (Phi) is 5.21. The molecule has 0 radical (unpaired) electrons. The van der Waals surface area contributed by atoms with Crippen LogP contribution in [-0.4, -0.2) is 56.8 Å². The Morgan fingerprint density at radius 2 is 2.04 bits per heavy atom. The van der Waals surface area contributed by atoms with Crippen LogP contribution in [0.5, 0.6) is 0 Å². The molecule has 2 amide bonds. The molecule has 1 aliphatic rings. The maximum absolute atomic E-state index is 13.2. The smallest absolute Gasteiger partial charge is 0.256 e. The van der Waals surface area contributed by atoms with Gasteiger partial charge in [0.25, 0.3) is 5.91 Å². The minimum absolute atomic E-state index is 0.0152. The number of carbonyl (C=O) groups excluding carboxylic acids is 2. The molecule has 1 aromatic carbocycles. The van der Waals surface area contributed by atoms with Crippen molar-refractivity contribution in [3.05, 3.63) is 61.2 Å². The highest BCUT2D eigenvalue weighted by Crippen LogP contribution is 2.22. The van der Waals surface area contributed by atoms with Gasteiger partial charge < -0.3 is 14.4 Å². The second-order valence-electron chi connectivity index (χ2n) is 6.79. The lowest BCUT2D eigenvalue weighted by atomic mass is 9.98. The molecule has 136 valence electrons. The van der Waals surface area contributed by atoms with Crippen molar-refractivity contribution >= 4 is 11.8 Å². The number of nitrogens with zero attached hydrogens (tertiary/aromatic N) is 4. The van der Waals surface area contributed by atoms with Gasteiger partial charge in [0.1, 0.15) is 0 Å². The number of amides is 2. The molecule has 6 heteroatoms.